The van der Waals surface area contributed by atoms with Crippen LogP contribution < -0.4 is 4.90 Å². The molecule has 0 aliphatic heterocycles. The number of hydrogen-bond donors (Lipinski definition) is 0. The third-order valence-electron chi connectivity index (χ3n) is 10.2. The molecule has 2 heteroatoms. The van der Waals surface area contributed by atoms with Crippen molar-refractivity contribution in [3.63, 3.8) is 0 Å². The molecule has 10 aromatic rings. The van der Waals surface area contributed by atoms with E-state index in [0.717, 1.165) is 17.1 Å². The van der Waals surface area contributed by atoms with Gasteiger partial charge in [0.25, 0.3) is 0 Å². The third kappa shape index (κ3) is 5.16. The van der Waals surface area contributed by atoms with Gasteiger partial charge >= 0.3 is 0 Å². The first-order valence-electron chi connectivity index (χ1n) is 17.8. The predicted molar refractivity (Wildman–Crippen MR) is 225 cm³/mol. The molecule has 10 rings (SSSR count). The highest BCUT2D eigenvalue weighted by atomic mass is 32.1. The van der Waals surface area contributed by atoms with Gasteiger partial charge in [-0.1, -0.05) is 158 Å². The minimum atomic E-state index is 1.11. The maximum Gasteiger partial charge on any atom is 0.0540 e. The highest BCUT2D eigenvalue weighted by molar-refractivity contribution is 7.25. The summed E-state index contributed by atoms with van der Waals surface area (Å²) in [7, 11) is 0. The molecule has 0 amide bonds. The Bertz CT molecular complexity index is 2910. The standard InChI is InChI=1S/C50H33NS/c1-2-15-35(16-3-1)41-24-11-18-36-19-12-26-44(49(36)41)43-22-6-8-27-46(43)51(40-31-30-34-14-4-5-17-37(34)32-40)39-21-10-20-38(33-39)42-25-13-29-48-50(42)45-23-7-9-28-47(45)52-48/h1-33H. The normalized spacial score (nSPS) is 11.5. The van der Waals surface area contributed by atoms with Crippen LogP contribution in [-0.4, -0.2) is 0 Å². The van der Waals surface area contributed by atoms with E-state index in [9.17, 15) is 0 Å². The molecule has 0 radical (unpaired) electrons. The molecule has 1 heterocycles. The lowest BCUT2D eigenvalue weighted by Crippen LogP contribution is -2.11. The van der Waals surface area contributed by atoms with E-state index in [-0.39, 0.29) is 0 Å². The quantitative estimate of drug-likeness (QED) is 0.169. The maximum absolute atomic E-state index is 2.45. The second-order valence-corrected chi connectivity index (χ2v) is 14.4. The van der Waals surface area contributed by atoms with Crippen LogP contribution in [-0.2, 0) is 0 Å². The molecule has 0 saturated heterocycles. The summed E-state index contributed by atoms with van der Waals surface area (Å²) in [5, 5.41) is 7.55. The van der Waals surface area contributed by atoms with Crippen LogP contribution in [0.25, 0.3) is 75.1 Å². The summed E-state index contributed by atoms with van der Waals surface area (Å²) in [6.07, 6.45) is 0. The fourth-order valence-electron chi connectivity index (χ4n) is 7.89. The van der Waals surface area contributed by atoms with Crippen molar-refractivity contribution in [2.75, 3.05) is 4.90 Å². The Morgan fingerprint density at radius 3 is 1.81 bits per heavy atom. The van der Waals surface area contributed by atoms with Crippen LogP contribution in [0.15, 0.2) is 200 Å². The highest BCUT2D eigenvalue weighted by Gasteiger charge is 2.21. The molecule has 1 nitrogen and oxygen atoms in total. The number of fused-ring (bicyclic) bond motifs is 5. The summed E-state index contributed by atoms with van der Waals surface area (Å²) in [5.74, 6) is 0. The summed E-state index contributed by atoms with van der Waals surface area (Å²) in [6, 6.07) is 73.0. The van der Waals surface area contributed by atoms with E-state index >= 15 is 0 Å². The van der Waals surface area contributed by atoms with Gasteiger partial charge in [-0.15, -0.1) is 11.3 Å². The van der Waals surface area contributed by atoms with Gasteiger partial charge in [0.05, 0.1) is 5.69 Å². The lowest BCUT2D eigenvalue weighted by Gasteiger charge is -2.29. The second-order valence-electron chi connectivity index (χ2n) is 13.3. The van der Waals surface area contributed by atoms with Gasteiger partial charge in [0.2, 0.25) is 0 Å². The zero-order valence-electron chi connectivity index (χ0n) is 28.4. The number of nitrogens with zero attached hydrogens (tertiary/aromatic N) is 1. The predicted octanol–water partition coefficient (Wildman–Crippen LogP) is 14.8. The molecule has 0 N–H and O–H groups in total. The monoisotopic (exact) mass is 679 g/mol. The van der Waals surface area contributed by atoms with Crippen LogP contribution in [0.5, 0.6) is 0 Å². The van der Waals surface area contributed by atoms with Crippen molar-refractivity contribution in [3.05, 3.63) is 200 Å². The van der Waals surface area contributed by atoms with Gasteiger partial charge in [-0.3, -0.25) is 0 Å². The number of benzene rings is 9. The van der Waals surface area contributed by atoms with Crippen LogP contribution in [0.2, 0.25) is 0 Å². The smallest absolute Gasteiger partial charge is 0.0540 e. The zero-order valence-corrected chi connectivity index (χ0v) is 29.2. The molecule has 0 spiro atoms. The van der Waals surface area contributed by atoms with Crippen LogP contribution >= 0.6 is 11.3 Å². The topological polar surface area (TPSA) is 3.24 Å². The Morgan fingerprint density at radius 2 is 0.923 bits per heavy atom. The maximum atomic E-state index is 2.45. The molecule has 1 aromatic heterocycles. The second kappa shape index (κ2) is 12.7. The molecular formula is C50H33NS. The van der Waals surface area contributed by atoms with E-state index in [1.54, 1.807) is 0 Å². The first-order chi connectivity index (χ1) is 25.8. The molecule has 0 saturated carbocycles. The lowest BCUT2D eigenvalue weighted by molar-refractivity contribution is 1.29. The number of para-hydroxylation sites is 1. The Balaban J connectivity index is 1.22. The molecule has 0 bridgehead atoms. The van der Waals surface area contributed by atoms with Crippen molar-refractivity contribution in [2.24, 2.45) is 0 Å². The van der Waals surface area contributed by atoms with Gasteiger partial charge in [0.1, 0.15) is 0 Å². The van der Waals surface area contributed by atoms with E-state index in [4.69, 9.17) is 0 Å². The third-order valence-corrected chi connectivity index (χ3v) is 11.4. The summed E-state index contributed by atoms with van der Waals surface area (Å²) in [4.78, 5) is 2.45. The van der Waals surface area contributed by atoms with Gasteiger partial charge in [0.15, 0.2) is 0 Å². The first kappa shape index (κ1) is 30.4. The summed E-state index contributed by atoms with van der Waals surface area (Å²) in [6.45, 7) is 0. The molecule has 0 aliphatic carbocycles. The number of hydrogen-bond acceptors (Lipinski definition) is 2. The van der Waals surface area contributed by atoms with Gasteiger partial charge < -0.3 is 4.90 Å². The summed E-state index contributed by atoms with van der Waals surface area (Å²) < 4.78 is 2.63. The van der Waals surface area contributed by atoms with Gasteiger partial charge in [-0.25, -0.2) is 0 Å². The Labute approximate surface area is 307 Å². The van der Waals surface area contributed by atoms with Crippen molar-refractivity contribution < 1.29 is 0 Å². The Kier molecular flexibility index (Phi) is 7.41. The van der Waals surface area contributed by atoms with Crippen molar-refractivity contribution in [3.8, 4) is 33.4 Å². The summed E-state index contributed by atoms with van der Waals surface area (Å²) >= 11 is 1.87. The van der Waals surface area contributed by atoms with Crippen LogP contribution in [0.1, 0.15) is 0 Å². The SMILES string of the molecule is c1ccc(-c2cccc3cccc(-c4ccccc4N(c4cccc(-c5cccc6sc7ccccc7c56)c4)c4ccc5ccccc5c4)c23)cc1. The molecule has 0 fully saturated rings. The van der Waals surface area contributed by atoms with Crippen LogP contribution in [0.3, 0.4) is 0 Å². The van der Waals surface area contributed by atoms with Gasteiger partial charge in [0, 0.05) is 37.1 Å². The minimum Gasteiger partial charge on any atom is -0.310 e. The van der Waals surface area contributed by atoms with Crippen LogP contribution in [0, 0.1) is 0 Å². The lowest BCUT2D eigenvalue weighted by atomic mass is 9.90. The number of thiophene rings is 1. The van der Waals surface area contributed by atoms with Crippen LogP contribution in [0.4, 0.5) is 17.1 Å². The molecule has 0 atom stereocenters. The summed E-state index contributed by atoms with van der Waals surface area (Å²) in [5.41, 5.74) is 10.7. The van der Waals surface area contributed by atoms with Gasteiger partial charge in [-0.05, 0) is 91.8 Å². The van der Waals surface area contributed by atoms with E-state index in [1.807, 2.05) is 11.3 Å². The van der Waals surface area contributed by atoms with Crippen molar-refractivity contribution in [1.29, 1.82) is 0 Å². The Morgan fingerprint density at radius 1 is 0.327 bits per heavy atom. The molecule has 0 aliphatic rings. The average Bonchev–Trinajstić information content (AvgIpc) is 3.60. The molecule has 52 heavy (non-hydrogen) atoms. The van der Waals surface area contributed by atoms with Crippen molar-refractivity contribution >= 4 is 70.1 Å². The van der Waals surface area contributed by atoms with E-state index in [2.05, 4.69) is 205 Å². The van der Waals surface area contributed by atoms with Crippen molar-refractivity contribution in [1.82, 2.24) is 0 Å². The fourth-order valence-corrected chi connectivity index (χ4v) is 9.02. The van der Waals surface area contributed by atoms with E-state index in [0.29, 0.717) is 0 Å². The molecule has 9 aromatic carbocycles. The number of anilines is 3. The fraction of sp³-hybridized carbons (Fsp3) is 0. The average molecular weight is 680 g/mol. The first-order valence-corrected chi connectivity index (χ1v) is 18.6. The molecular weight excluding hydrogens is 647 g/mol. The Hall–Kier alpha value is -6.48. The van der Waals surface area contributed by atoms with Crippen molar-refractivity contribution in [2.45, 2.75) is 0 Å². The zero-order chi connectivity index (χ0) is 34.4. The largest absolute Gasteiger partial charge is 0.310 e. The highest BCUT2D eigenvalue weighted by Crippen LogP contribution is 2.46. The van der Waals surface area contributed by atoms with E-state index < -0.39 is 0 Å². The van der Waals surface area contributed by atoms with Gasteiger partial charge in [-0.2, -0.15) is 0 Å². The minimum absolute atomic E-state index is 1.11. The van der Waals surface area contributed by atoms with E-state index in [1.165, 1.54) is 75.1 Å². The number of rotatable bonds is 6. The molecule has 244 valence electrons. The molecule has 0 unspecified atom stereocenters.